The number of H-pyrrole nitrogens is 1. The summed E-state index contributed by atoms with van der Waals surface area (Å²) in [4.78, 5) is 4.29. The first kappa shape index (κ1) is 8.29. The van der Waals surface area contributed by atoms with E-state index >= 15 is 0 Å². The zero-order chi connectivity index (χ0) is 9.10. The second-order valence-corrected chi connectivity index (χ2v) is 3.24. The average molecular weight is 179 g/mol. The van der Waals surface area contributed by atoms with Crippen LogP contribution in [-0.2, 0) is 17.6 Å². The molecule has 1 N–H and O–H groups in total. The molecule has 2 rings (SSSR count). The third kappa shape index (κ3) is 1.71. The fourth-order valence-corrected chi connectivity index (χ4v) is 1.67. The summed E-state index contributed by atoms with van der Waals surface area (Å²) >= 11 is 0. The van der Waals surface area contributed by atoms with Crippen LogP contribution >= 0.6 is 0 Å². The molecule has 1 aromatic heterocycles. The van der Waals surface area contributed by atoms with Crippen LogP contribution in [0.4, 0.5) is 0 Å². The summed E-state index contributed by atoms with van der Waals surface area (Å²) in [6.45, 7) is 0. The zero-order valence-electron chi connectivity index (χ0n) is 7.66. The number of nitrogens with zero attached hydrogens (tertiary/aromatic N) is 2. The molecule has 1 unspecified atom stereocenters. The minimum absolute atomic E-state index is 0.366. The van der Waals surface area contributed by atoms with Crippen molar-refractivity contribution in [2.75, 3.05) is 7.11 Å². The SMILES string of the molecule is CO/C=N\C1CCc2n[nH]cc2C1. The lowest BCUT2D eigenvalue weighted by Gasteiger charge is -2.16. The number of hydrogen-bond donors (Lipinski definition) is 1. The summed E-state index contributed by atoms with van der Waals surface area (Å²) < 4.78 is 4.80. The van der Waals surface area contributed by atoms with Gasteiger partial charge in [0.05, 0.1) is 18.8 Å². The van der Waals surface area contributed by atoms with Crippen LogP contribution in [0.2, 0.25) is 0 Å². The first-order valence-electron chi connectivity index (χ1n) is 4.46. The van der Waals surface area contributed by atoms with Gasteiger partial charge in [-0.1, -0.05) is 0 Å². The fraction of sp³-hybridized carbons (Fsp3) is 0.556. The lowest BCUT2D eigenvalue weighted by molar-refractivity contribution is 0.414. The molecule has 0 aromatic carbocycles. The molecule has 0 bridgehead atoms. The average Bonchev–Trinajstić information content (AvgIpc) is 2.61. The van der Waals surface area contributed by atoms with Crippen LogP contribution in [-0.4, -0.2) is 29.7 Å². The molecule has 0 spiro atoms. The van der Waals surface area contributed by atoms with Gasteiger partial charge in [0, 0.05) is 6.20 Å². The smallest absolute Gasteiger partial charge is 0.169 e. The van der Waals surface area contributed by atoms with E-state index < -0.39 is 0 Å². The first-order chi connectivity index (χ1) is 6.40. The van der Waals surface area contributed by atoms with Gasteiger partial charge in [0.15, 0.2) is 6.40 Å². The topological polar surface area (TPSA) is 50.3 Å². The number of methoxy groups -OCH3 is 1. The maximum Gasteiger partial charge on any atom is 0.169 e. The predicted molar refractivity (Wildman–Crippen MR) is 49.9 cm³/mol. The molecule has 0 saturated heterocycles. The third-order valence-corrected chi connectivity index (χ3v) is 2.36. The van der Waals surface area contributed by atoms with Gasteiger partial charge in [-0.15, -0.1) is 0 Å². The molecule has 1 atom stereocenters. The predicted octanol–water partition coefficient (Wildman–Crippen LogP) is 0.942. The van der Waals surface area contributed by atoms with Crippen molar-refractivity contribution < 1.29 is 4.74 Å². The van der Waals surface area contributed by atoms with Crippen LogP contribution in [0.1, 0.15) is 17.7 Å². The Balaban J connectivity index is 2.04. The zero-order valence-corrected chi connectivity index (χ0v) is 7.66. The van der Waals surface area contributed by atoms with Gasteiger partial charge in [-0.2, -0.15) is 5.10 Å². The molecule has 1 heterocycles. The number of rotatable bonds is 2. The van der Waals surface area contributed by atoms with Gasteiger partial charge in [-0.05, 0) is 24.8 Å². The summed E-state index contributed by atoms with van der Waals surface area (Å²) in [7, 11) is 1.62. The number of ether oxygens (including phenoxy) is 1. The Morgan fingerprint density at radius 2 is 2.69 bits per heavy atom. The second kappa shape index (κ2) is 3.60. The second-order valence-electron chi connectivity index (χ2n) is 3.24. The van der Waals surface area contributed by atoms with E-state index in [0.29, 0.717) is 6.04 Å². The maximum absolute atomic E-state index is 4.80. The van der Waals surface area contributed by atoms with Crippen molar-refractivity contribution in [1.29, 1.82) is 0 Å². The van der Waals surface area contributed by atoms with Crippen LogP contribution in [0.15, 0.2) is 11.2 Å². The van der Waals surface area contributed by atoms with Gasteiger partial charge in [-0.3, -0.25) is 10.1 Å². The van der Waals surface area contributed by atoms with Crippen LogP contribution in [0.5, 0.6) is 0 Å². The highest BCUT2D eigenvalue weighted by Crippen LogP contribution is 2.20. The minimum atomic E-state index is 0.366. The Kier molecular flexibility index (Phi) is 2.29. The highest BCUT2D eigenvalue weighted by Gasteiger charge is 2.18. The van der Waals surface area contributed by atoms with Crippen molar-refractivity contribution in [2.24, 2.45) is 4.99 Å². The van der Waals surface area contributed by atoms with Crippen LogP contribution < -0.4 is 0 Å². The van der Waals surface area contributed by atoms with E-state index in [1.54, 1.807) is 7.11 Å². The van der Waals surface area contributed by atoms with E-state index in [4.69, 9.17) is 4.74 Å². The highest BCUT2D eigenvalue weighted by atomic mass is 16.5. The molecule has 0 amide bonds. The van der Waals surface area contributed by atoms with Gasteiger partial charge in [-0.25, -0.2) is 0 Å². The van der Waals surface area contributed by atoms with E-state index in [0.717, 1.165) is 19.3 Å². The Labute approximate surface area is 77.0 Å². The molecule has 70 valence electrons. The molecule has 4 heteroatoms. The molecule has 1 aromatic rings. The Hall–Kier alpha value is -1.32. The Bertz CT molecular complexity index is 306. The van der Waals surface area contributed by atoms with Gasteiger partial charge in [0.25, 0.3) is 0 Å². The number of hydrogen-bond acceptors (Lipinski definition) is 3. The van der Waals surface area contributed by atoms with Crippen molar-refractivity contribution >= 4 is 6.40 Å². The van der Waals surface area contributed by atoms with E-state index in [1.165, 1.54) is 17.7 Å². The molecule has 0 saturated carbocycles. The number of fused-ring (bicyclic) bond motifs is 1. The quantitative estimate of drug-likeness (QED) is 0.542. The molecule has 1 aliphatic rings. The molecule has 1 aliphatic carbocycles. The number of aromatic nitrogens is 2. The molecule has 0 fully saturated rings. The van der Waals surface area contributed by atoms with Gasteiger partial charge >= 0.3 is 0 Å². The van der Waals surface area contributed by atoms with E-state index in [9.17, 15) is 0 Å². The standard InChI is InChI=1S/C9H13N3O/c1-13-6-10-8-2-3-9-7(4-8)5-11-12-9/h5-6,8H,2-4H2,1H3,(H,11,12)/b10-6-. The highest BCUT2D eigenvalue weighted by molar-refractivity contribution is 5.46. The van der Waals surface area contributed by atoms with Gasteiger partial charge < -0.3 is 4.74 Å². The largest absolute Gasteiger partial charge is 0.487 e. The minimum Gasteiger partial charge on any atom is -0.487 e. The van der Waals surface area contributed by atoms with Gasteiger partial charge in [0.2, 0.25) is 0 Å². The summed E-state index contributed by atoms with van der Waals surface area (Å²) in [5.41, 5.74) is 2.49. The summed E-state index contributed by atoms with van der Waals surface area (Å²) in [6.07, 6.45) is 6.55. The van der Waals surface area contributed by atoms with E-state index in [1.807, 2.05) is 6.20 Å². The normalized spacial score (nSPS) is 21.8. The van der Waals surface area contributed by atoms with Crippen molar-refractivity contribution in [3.05, 3.63) is 17.5 Å². The van der Waals surface area contributed by atoms with Crippen LogP contribution in [0, 0.1) is 0 Å². The third-order valence-electron chi connectivity index (χ3n) is 2.36. The summed E-state index contributed by atoms with van der Waals surface area (Å²) in [6, 6.07) is 0.366. The van der Waals surface area contributed by atoms with Crippen LogP contribution in [0.25, 0.3) is 0 Å². The summed E-state index contributed by atoms with van der Waals surface area (Å²) in [5, 5.41) is 7.05. The van der Waals surface area contributed by atoms with Crippen LogP contribution in [0.3, 0.4) is 0 Å². The van der Waals surface area contributed by atoms with Gasteiger partial charge in [0.1, 0.15) is 0 Å². The van der Waals surface area contributed by atoms with Crippen molar-refractivity contribution in [1.82, 2.24) is 10.2 Å². The monoisotopic (exact) mass is 179 g/mol. The molecular formula is C9H13N3O. The van der Waals surface area contributed by atoms with Crippen molar-refractivity contribution in [2.45, 2.75) is 25.3 Å². The molecule has 0 radical (unpaired) electrons. The van der Waals surface area contributed by atoms with E-state index in [2.05, 4.69) is 15.2 Å². The number of nitrogens with one attached hydrogen (secondary N) is 1. The molecular weight excluding hydrogens is 166 g/mol. The molecule has 4 nitrogen and oxygen atoms in total. The lowest BCUT2D eigenvalue weighted by Crippen LogP contribution is -2.16. The molecule has 0 aliphatic heterocycles. The maximum atomic E-state index is 4.80. The summed E-state index contributed by atoms with van der Waals surface area (Å²) in [5.74, 6) is 0. The lowest BCUT2D eigenvalue weighted by atomic mass is 9.94. The molecule has 13 heavy (non-hydrogen) atoms. The van der Waals surface area contributed by atoms with Crippen molar-refractivity contribution in [3.8, 4) is 0 Å². The van der Waals surface area contributed by atoms with E-state index in [-0.39, 0.29) is 0 Å². The number of aliphatic imine (C=N–C) groups is 1. The van der Waals surface area contributed by atoms with Crippen molar-refractivity contribution in [3.63, 3.8) is 0 Å². The first-order valence-corrected chi connectivity index (χ1v) is 4.46. The Morgan fingerprint density at radius 1 is 1.77 bits per heavy atom. The fourth-order valence-electron chi connectivity index (χ4n) is 1.67. The number of aryl methyl sites for hydroxylation is 1. The Morgan fingerprint density at radius 3 is 3.54 bits per heavy atom. The number of aromatic amines is 1.